The number of esters is 1. The van der Waals surface area contributed by atoms with Gasteiger partial charge in [-0.25, -0.2) is 0 Å². The Hall–Kier alpha value is -3.03. The zero-order chi connectivity index (χ0) is 25.9. The lowest BCUT2D eigenvalue weighted by Crippen LogP contribution is -2.37. The van der Waals surface area contributed by atoms with Gasteiger partial charge in [-0.05, 0) is 81.8 Å². The van der Waals surface area contributed by atoms with E-state index in [-0.39, 0.29) is 37.5 Å². The summed E-state index contributed by atoms with van der Waals surface area (Å²) < 4.78 is 45.2. The summed E-state index contributed by atoms with van der Waals surface area (Å²) in [4.78, 5) is 24.3. The predicted octanol–water partition coefficient (Wildman–Crippen LogP) is 5.89. The maximum Gasteiger partial charge on any atom is 0.391 e. The summed E-state index contributed by atoms with van der Waals surface area (Å²) in [6, 6.07) is 13.4. The van der Waals surface area contributed by atoms with Gasteiger partial charge in [0.2, 0.25) is 0 Å². The van der Waals surface area contributed by atoms with Crippen molar-refractivity contribution >= 4 is 11.9 Å². The summed E-state index contributed by atoms with van der Waals surface area (Å²) in [5.41, 5.74) is 0.826. The number of carbonyl (C=O) groups is 2. The second-order valence-corrected chi connectivity index (χ2v) is 10.1. The van der Waals surface area contributed by atoms with E-state index in [2.05, 4.69) is 5.32 Å². The number of ether oxygens (including phenoxy) is 1. The van der Waals surface area contributed by atoms with Crippen molar-refractivity contribution in [1.82, 2.24) is 5.32 Å². The molecule has 1 fully saturated rings. The minimum absolute atomic E-state index is 0.0112. The lowest BCUT2D eigenvalue weighted by atomic mass is 9.63. The van der Waals surface area contributed by atoms with Crippen LogP contribution in [0.4, 0.5) is 13.2 Å². The van der Waals surface area contributed by atoms with Crippen LogP contribution in [0.3, 0.4) is 0 Å². The molecule has 190 valence electrons. The zero-order valence-corrected chi connectivity index (χ0v) is 20.2. The van der Waals surface area contributed by atoms with Gasteiger partial charge in [0, 0.05) is 17.5 Å². The number of benzene rings is 2. The van der Waals surface area contributed by atoms with Crippen molar-refractivity contribution in [3.05, 3.63) is 65.2 Å². The van der Waals surface area contributed by atoms with Gasteiger partial charge in [0.1, 0.15) is 11.4 Å². The van der Waals surface area contributed by atoms with Crippen LogP contribution in [0.1, 0.15) is 74.4 Å². The number of hydrogen-bond acceptors (Lipinski definition) is 4. The standard InChI is InChI=1S/C27H32F3NO4/c1-25(2,3)35-23(33)14-17-31-24(34)18-4-6-19(7-5-18)26(20-8-10-22(32)11-9-20)15-12-21(13-16-26)27(28,29)30/h4-11,21,32H,12-17H2,1-3H3,(H,31,34). The van der Waals surface area contributed by atoms with Crippen LogP contribution >= 0.6 is 0 Å². The number of alkyl halides is 3. The Morgan fingerprint density at radius 2 is 1.49 bits per heavy atom. The highest BCUT2D eigenvalue weighted by molar-refractivity contribution is 5.94. The average Bonchev–Trinajstić information content (AvgIpc) is 2.78. The van der Waals surface area contributed by atoms with Crippen molar-refractivity contribution in [2.75, 3.05) is 6.54 Å². The fourth-order valence-corrected chi connectivity index (χ4v) is 4.68. The zero-order valence-electron chi connectivity index (χ0n) is 20.2. The lowest BCUT2D eigenvalue weighted by Gasteiger charge is -2.42. The first-order valence-corrected chi connectivity index (χ1v) is 11.8. The highest BCUT2D eigenvalue weighted by Gasteiger charge is 2.47. The van der Waals surface area contributed by atoms with E-state index in [9.17, 15) is 27.9 Å². The first-order chi connectivity index (χ1) is 16.3. The number of halogens is 3. The van der Waals surface area contributed by atoms with E-state index < -0.39 is 29.1 Å². The molecule has 35 heavy (non-hydrogen) atoms. The van der Waals surface area contributed by atoms with Crippen molar-refractivity contribution in [2.45, 2.75) is 70.1 Å². The predicted molar refractivity (Wildman–Crippen MR) is 126 cm³/mol. The Bertz CT molecular complexity index is 1020. The first kappa shape index (κ1) is 26.6. The Morgan fingerprint density at radius 3 is 1.97 bits per heavy atom. The van der Waals surface area contributed by atoms with Gasteiger partial charge < -0.3 is 15.2 Å². The number of aromatic hydroxyl groups is 1. The Labute approximate surface area is 203 Å². The van der Waals surface area contributed by atoms with Crippen molar-refractivity contribution in [2.24, 2.45) is 5.92 Å². The third kappa shape index (κ3) is 6.77. The van der Waals surface area contributed by atoms with Gasteiger partial charge in [0.15, 0.2) is 0 Å². The van der Waals surface area contributed by atoms with Crippen molar-refractivity contribution in [1.29, 1.82) is 0 Å². The maximum atomic E-state index is 13.3. The summed E-state index contributed by atoms with van der Waals surface area (Å²) in [5.74, 6) is -1.99. The summed E-state index contributed by atoms with van der Waals surface area (Å²) in [7, 11) is 0. The van der Waals surface area contributed by atoms with Gasteiger partial charge in [0.25, 0.3) is 5.91 Å². The second-order valence-electron chi connectivity index (χ2n) is 10.1. The molecule has 2 aromatic rings. The van der Waals surface area contributed by atoms with Gasteiger partial charge in [-0.2, -0.15) is 13.2 Å². The van der Waals surface area contributed by atoms with Crippen molar-refractivity contribution in [3.63, 3.8) is 0 Å². The van der Waals surface area contributed by atoms with E-state index in [0.29, 0.717) is 18.4 Å². The number of rotatable bonds is 6. The smallest absolute Gasteiger partial charge is 0.391 e. The van der Waals surface area contributed by atoms with Crippen LogP contribution in [0.2, 0.25) is 0 Å². The van der Waals surface area contributed by atoms with E-state index in [4.69, 9.17) is 4.74 Å². The third-order valence-corrected chi connectivity index (χ3v) is 6.46. The van der Waals surface area contributed by atoms with E-state index in [0.717, 1.165) is 11.1 Å². The molecular formula is C27H32F3NO4. The molecule has 8 heteroatoms. The molecule has 1 amide bonds. The van der Waals surface area contributed by atoms with Crippen LogP contribution < -0.4 is 5.32 Å². The molecule has 1 aliphatic rings. The minimum Gasteiger partial charge on any atom is -0.508 e. The van der Waals surface area contributed by atoms with Gasteiger partial charge in [-0.1, -0.05) is 24.3 Å². The van der Waals surface area contributed by atoms with E-state index in [1.54, 1.807) is 69.3 Å². The van der Waals surface area contributed by atoms with Crippen LogP contribution in [-0.2, 0) is 14.9 Å². The Kier molecular flexibility index (Phi) is 7.82. The van der Waals surface area contributed by atoms with Gasteiger partial charge in [-0.3, -0.25) is 9.59 Å². The SMILES string of the molecule is CC(C)(C)OC(=O)CCNC(=O)c1ccc(C2(c3ccc(O)cc3)CCC(C(F)(F)F)CC2)cc1. The molecule has 0 spiro atoms. The quantitative estimate of drug-likeness (QED) is 0.494. The molecule has 3 rings (SSSR count). The highest BCUT2D eigenvalue weighted by atomic mass is 19.4. The highest BCUT2D eigenvalue weighted by Crippen LogP contribution is 2.50. The van der Waals surface area contributed by atoms with Crippen molar-refractivity contribution < 1.29 is 32.6 Å². The molecule has 1 aliphatic carbocycles. The number of phenolic OH excluding ortho intramolecular Hbond substituents is 1. The van der Waals surface area contributed by atoms with Crippen LogP contribution in [-0.4, -0.2) is 35.3 Å². The topological polar surface area (TPSA) is 75.6 Å². The lowest BCUT2D eigenvalue weighted by molar-refractivity contribution is -0.184. The minimum atomic E-state index is -4.22. The molecule has 0 aliphatic heterocycles. The molecule has 0 bridgehead atoms. The second kappa shape index (κ2) is 10.3. The van der Waals surface area contributed by atoms with Crippen LogP contribution in [0.15, 0.2) is 48.5 Å². The number of phenols is 1. The molecule has 0 unspecified atom stereocenters. The third-order valence-electron chi connectivity index (χ3n) is 6.46. The molecule has 0 aromatic heterocycles. The number of carbonyl (C=O) groups excluding carboxylic acids is 2. The fourth-order valence-electron chi connectivity index (χ4n) is 4.68. The van der Waals surface area contributed by atoms with Crippen molar-refractivity contribution in [3.8, 4) is 5.75 Å². The summed E-state index contributed by atoms with van der Waals surface area (Å²) in [6.45, 7) is 5.44. The summed E-state index contributed by atoms with van der Waals surface area (Å²) in [6.07, 6.45) is -3.53. The molecule has 1 saturated carbocycles. The first-order valence-electron chi connectivity index (χ1n) is 11.8. The monoisotopic (exact) mass is 491 g/mol. The Balaban J connectivity index is 1.74. The molecule has 0 heterocycles. The molecule has 2 aromatic carbocycles. The molecule has 0 atom stereocenters. The largest absolute Gasteiger partial charge is 0.508 e. The van der Waals surface area contributed by atoms with Crippen LogP contribution in [0, 0.1) is 5.92 Å². The summed E-state index contributed by atoms with van der Waals surface area (Å²) in [5, 5.41) is 12.4. The Morgan fingerprint density at radius 1 is 0.971 bits per heavy atom. The fraction of sp³-hybridized carbons (Fsp3) is 0.481. The number of hydrogen-bond donors (Lipinski definition) is 2. The van der Waals surface area contributed by atoms with Crippen LogP contribution in [0.5, 0.6) is 5.75 Å². The molecular weight excluding hydrogens is 459 g/mol. The molecule has 5 nitrogen and oxygen atoms in total. The normalized spacial score (nSPS) is 20.8. The van der Waals surface area contributed by atoms with Gasteiger partial charge >= 0.3 is 12.1 Å². The summed E-state index contributed by atoms with van der Waals surface area (Å²) >= 11 is 0. The van der Waals surface area contributed by atoms with E-state index in [1.807, 2.05) is 0 Å². The molecule has 2 N–H and O–H groups in total. The van der Waals surface area contributed by atoms with Crippen LogP contribution in [0.25, 0.3) is 0 Å². The van der Waals surface area contributed by atoms with Gasteiger partial charge in [-0.15, -0.1) is 0 Å². The molecule has 0 saturated heterocycles. The average molecular weight is 492 g/mol. The maximum absolute atomic E-state index is 13.3. The number of nitrogens with one attached hydrogen (secondary N) is 1. The van der Waals surface area contributed by atoms with E-state index in [1.165, 1.54) is 0 Å². The van der Waals surface area contributed by atoms with E-state index >= 15 is 0 Å². The van der Waals surface area contributed by atoms with Gasteiger partial charge in [0.05, 0.1) is 12.3 Å². The number of amides is 1. The molecule has 0 radical (unpaired) electrons.